The predicted octanol–water partition coefficient (Wildman–Crippen LogP) is 2.58. The third-order valence-corrected chi connectivity index (χ3v) is 2.23. The van der Waals surface area contributed by atoms with Crippen molar-refractivity contribution < 1.29 is 23.8 Å². The van der Waals surface area contributed by atoms with E-state index in [1.54, 1.807) is 6.07 Å². The van der Waals surface area contributed by atoms with Gasteiger partial charge in [-0.25, -0.2) is 9.18 Å². The van der Waals surface area contributed by atoms with E-state index in [0.29, 0.717) is 5.56 Å². The molecular weight excluding hydrogens is 253 g/mol. The van der Waals surface area contributed by atoms with E-state index in [9.17, 15) is 14.0 Å². The van der Waals surface area contributed by atoms with Gasteiger partial charge in [0.15, 0.2) is 0 Å². The highest BCUT2D eigenvalue weighted by atomic mass is 19.1. The molecule has 1 amide bonds. The molecular formula is C13H14FNO4. The summed E-state index contributed by atoms with van der Waals surface area (Å²) < 4.78 is 18.3. The summed E-state index contributed by atoms with van der Waals surface area (Å²) in [5, 5.41) is 10.8. The van der Waals surface area contributed by atoms with Crippen LogP contribution in [0, 0.1) is 5.82 Å². The molecule has 0 fully saturated rings. The molecule has 1 rings (SSSR count). The zero-order chi connectivity index (χ0) is 14.3. The first-order chi connectivity index (χ1) is 9.02. The molecule has 102 valence electrons. The Hall–Kier alpha value is -2.37. The SMILES string of the molecule is C=CCOC(=O)Nc1ccc(CCC(=O)O)cc1F. The Morgan fingerprint density at radius 2 is 2.21 bits per heavy atom. The maximum atomic E-state index is 13.6. The van der Waals surface area contributed by atoms with Crippen LogP contribution in [0.2, 0.25) is 0 Å². The summed E-state index contributed by atoms with van der Waals surface area (Å²) in [6.07, 6.45) is 0.767. The highest BCUT2D eigenvalue weighted by molar-refractivity contribution is 5.84. The van der Waals surface area contributed by atoms with Crippen LogP contribution in [0.15, 0.2) is 30.9 Å². The molecule has 2 N–H and O–H groups in total. The second kappa shape index (κ2) is 7.15. The van der Waals surface area contributed by atoms with Crippen LogP contribution in [0.5, 0.6) is 0 Å². The molecule has 0 radical (unpaired) electrons. The van der Waals surface area contributed by atoms with Crippen LogP contribution in [0.25, 0.3) is 0 Å². The Kier molecular flexibility index (Phi) is 5.53. The zero-order valence-corrected chi connectivity index (χ0v) is 10.2. The number of nitrogens with one attached hydrogen (secondary N) is 1. The number of carboxylic acids is 1. The monoisotopic (exact) mass is 267 g/mol. The molecule has 0 bridgehead atoms. The van der Waals surface area contributed by atoms with E-state index in [1.165, 1.54) is 18.2 Å². The van der Waals surface area contributed by atoms with Gasteiger partial charge in [0.25, 0.3) is 0 Å². The third kappa shape index (κ3) is 5.20. The number of carbonyl (C=O) groups excluding carboxylic acids is 1. The van der Waals surface area contributed by atoms with Crippen LogP contribution in [-0.2, 0) is 16.0 Å². The Morgan fingerprint density at radius 3 is 2.79 bits per heavy atom. The fourth-order valence-electron chi connectivity index (χ4n) is 1.35. The standard InChI is InChI=1S/C13H14FNO4/c1-2-7-19-13(18)15-11-5-3-9(8-10(11)14)4-6-12(16)17/h2-3,5,8H,1,4,6-7H2,(H,15,18)(H,16,17). The number of carboxylic acid groups (broad SMARTS) is 1. The first-order valence-electron chi connectivity index (χ1n) is 5.58. The van der Waals surface area contributed by atoms with Gasteiger partial charge >= 0.3 is 12.1 Å². The van der Waals surface area contributed by atoms with E-state index in [1.807, 2.05) is 0 Å². The van der Waals surface area contributed by atoms with Gasteiger partial charge in [-0.05, 0) is 24.1 Å². The van der Waals surface area contributed by atoms with Crippen molar-refractivity contribution in [3.8, 4) is 0 Å². The van der Waals surface area contributed by atoms with Crippen LogP contribution >= 0.6 is 0 Å². The average molecular weight is 267 g/mol. The molecule has 0 saturated carbocycles. The zero-order valence-electron chi connectivity index (χ0n) is 10.2. The lowest BCUT2D eigenvalue weighted by Crippen LogP contribution is -2.14. The van der Waals surface area contributed by atoms with Crippen molar-refractivity contribution in [3.05, 3.63) is 42.2 Å². The van der Waals surface area contributed by atoms with Gasteiger partial charge in [0.1, 0.15) is 12.4 Å². The normalized spacial score (nSPS) is 9.74. The molecule has 1 aromatic rings. The molecule has 0 unspecified atom stereocenters. The maximum Gasteiger partial charge on any atom is 0.412 e. The topological polar surface area (TPSA) is 75.6 Å². The summed E-state index contributed by atoms with van der Waals surface area (Å²) in [4.78, 5) is 21.6. The molecule has 0 aliphatic rings. The number of aliphatic carboxylic acids is 1. The van der Waals surface area contributed by atoms with Gasteiger partial charge < -0.3 is 9.84 Å². The molecule has 0 aliphatic carbocycles. The molecule has 0 atom stereocenters. The lowest BCUT2D eigenvalue weighted by atomic mass is 10.1. The first-order valence-corrected chi connectivity index (χ1v) is 5.58. The highest BCUT2D eigenvalue weighted by Crippen LogP contribution is 2.17. The molecule has 5 nitrogen and oxygen atoms in total. The van der Waals surface area contributed by atoms with Crippen molar-refractivity contribution in [2.24, 2.45) is 0 Å². The van der Waals surface area contributed by atoms with Gasteiger partial charge in [-0.3, -0.25) is 10.1 Å². The first kappa shape index (κ1) is 14.7. The van der Waals surface area contributed by atoms with Gasteiger partial charge in [-0.15, -0.1) is 0 Å². The van der Waals surface area contributed by atoms with E-state index in [0.717, 1.165) is 0 Å². The highest BCUT2D eigenvalue weighted by Gasteiger charge is 2.08. The fraction of sp³-hybridized carbons (Fsp3) is 0.231. The summed E-state index contributed by atoms with van der Waals surface area (Å²) >= 11 is 0. The number of hydrogen-bond donors (Lipinski definition) is 2. The lowest BCUT2D eigenvalue weighted by molar-refractivity contribution is -0.136. The summed E-state index contributed by atoms with van der Waals surface area (Å²) in [7, 11) is 0. The van der Waals surface area contributed by atoms with E-state index in [4.69, 9.17) is 5.11 Å². The number of carbonyl (C=O) groups is 2. The molecule has 0 spiro atoms. The van der Waals surface area contributed by atoms with E-state index in [2.05, 4.69) is 16.6 Å². The van der Waals surface area contributed by atoms with Gasteiger partial charge in [-0.2, -0.15) is 0 Å². The smallest absolute Gasteiger partial charge is 0.412 e. The molecule has 1 aromatic carbocycles. The van der Waals surface area contributed by atoms with Crippen LogP contribution in [0.1, 0.15) is 12.0 Å². The van der Waals surface area contributed by atoms with Gasteiger partial charge in [0.2, 0.25) is 0 Å². The van der Waals surface area contributed by atoms with Crippen molar-refractivity contribution in [1.29, 1.82) is 0 Å². The minimum absolute atomic E-state index is 0.0202. The number of hydrogen-bond acceptors (Lipinski definition) is 3. The number of benzene rings is 1. The summed E-state index contributed by atoms with van der Waals surface area (Å²) in [5.74, 6) is -1.59. The van der Waals surface area contributed by atoms with E-state index in [-0.39, 0.29) is 25.1 Å². The minimum Gasteiger partial charge on any atom is -0.481 e. The predicted molar refractivity (Wildman–Crippen MR) is 67.5 cm³/mol. The molecule has 0 saturated heterocycles. The van der Waals surface area contributed by atoms with Crippen LogP contribution < -0.4 is 5.32 Å². The number of anilines is 1. The minimum atomic E-state index is -0.949. The Labute approximate surface area is 109 Å². The van der Waals surface area contributed by atoms with Crippen LogP contribution in [0.4, 0.5) is 14.9 Å². The molecule has 0 heterocycles. The fourth-order valence-corrected chi connectivity index (χ4v) is 1.35. The van der Waals surface area contributed by atoms with E-state index < -0.39 is 17.9 Å². The van der Waals surface area contributed by atoms with Crippen molar-refractivity contribution in [2.75, 3.05) is 11.9 Å². The second-order valence-corrected chi connectivity index (χ2v) is 3.72. The van der Waals surface area contributed by atoms with Crippen molar-refractivity contribution in [2.45, 2.75) is 12.8 Å². The Morgan fingerprint density at radius 1 is 1.47 bits per heavy atom. The summed E-state index contributed by atoms with van der Waals surface area (Å²) in [5.41, 5.74) is 0.526. The summed E-state index contributed by atoms with van der Waals surface area (Å²) in [6, 6.07) is 4.10. The molecule has 0 aromatic heterocycles. The summed E-state index contributed by atoms with van der Waals surface area (Å²) in [6.45, 7) is 3.41. The van der Waals surface area contributed by atoms with Crippen molar-refractivity contribution >= 4 is 17.7 Å². The number of halogens is 1. The Balaban J connectivity index is 2.63. The number of rotatable bonds is 6. The molecule has 6 heteroatoms. The van der Waals surface area contributed by atoms with Crippen LogP contribution in [-0.4, -0.2) is 23.8 Å². The van der Waals surface area contributed by atoms with Crippen molar-refractivity contribution in [3.63, 3.8) is 0 Å². The van der Waals surface area contributed by atoms with Crippen LogP contribution in [0.3, 0.4) is 0 Å². The number of amides is 1. The van der Waals surface area contributed by atoms with Gasteiger partial charge in [-0.1, -0.05) is 18.7 Å². The number of aryl methyl sites for hydroxylation is 1. The maximum absolute atomic E-state index is 13.6. The average Bonchev–Trinajstić information content (AvgIpc) is 2.36. The quantitative estimate of drug-likeness (QED) is 0.777. The largest absolute Gasteiger partial charge is 0.481 e. The van der Waals surface area contributed by atoms with E-state index >= 15 is 0 Å². The molecule has 0 aliphatic heterocycles. The molecule has 19 heavy (non-hydrogen) atoms. The Bertz CT molecular complexity index is 488. The second-order valence-electron chi connectivity index (χ2n) is 3.72. The lowest BCUT2D eigenvalue weighted by Gasteiger charge is -2.07. The number of ether oxygens (including phenoxy) is 1. The van der Waals surface area contributed by atoms with Gasteiger partial charge in [0.05, 0.1) is 5.69 Å². The third-order valence-electron chi connectivity index (χ3n) is 2.23. The van der Waals surface area contributed by atoms with Gasteiger partial charge in [0, 0.05) is 6.42 Å². The van der Waals surface area contributed by atoms with Crippen molar-refractivity contribution in [1.82, 2.24) is 0 Å².